The quantitative estimate of drug-likeness (QED) is 0.135. The Labute approximate surface area is 296 Å². The monoisotopic (exact) mass is 691 g/mol. The van der Waals surface area contributed by atoms with Gasteiger partial charge in [-0.3, -0.25) is 24.0 Å². The van der Waals surface area contributed by atoms with Crippen LogP contribution in [-0.4, -0.2) is 41.9 Å². The van der Waals surface area contributed by atoms with E-state index in [-0.39, 0.29) is 69.6 Å². The number of nitrogens with one attached hydrogen (secondary N) is 1. The molecule has 8 heteroatoms. The molecule has 4 fully saturated rings. The first-order valence-corrected chi connectivity index (χ1v) is 18.8. The van der Waals surface area contributed by atoms with Crippen molar-refractivity contribution in [2.24, 2.45) is 57.2 Å². The molecular formula is C41H54ClNO6. The summed E-state index contributed by atoms with van der Waals surface area (Å²) in [7, 11) is 0. The van der Waals surface area contributed by atoms with Crippen LogP contribution in [0.15, 0.2) is 35.4 Å². The standard InChI is InChI=1S/C41H54ClNO6/c1-22(2)32-33-26(34(35(32)46)36(47)37(48)43-21-28(45)24-9-11-25(42)12-10-24)15-19-40(7)27(33)13-14-30-39(6)18-17-31(49-23(3)44)38(4,5)29(39)16-20-41(30,40)8/h9-12,22,26-27,29-31,34H,13-21H2,1-8H3,(H,43,48)/t26?,27-,29+,30-,31+,34+,39+,40-,41-/m1/s1. The summed E-state index contributed by atoms with van der Waals surface area (Å²) in [5.74, 6) is -2.58. The molecule has 0 aliphatic heterocycles. The second kappa shape index (κ2) is 12.5. The molecule has 1 aromatic rings. The van der Waals surface area contributed by atoms with Crippen LogP contribution in [0.25, 0.3) is 0 Å². The highest BCUT2D eigenvalue weighted by Gasteiger charge is 2.69. The Hall–Kier alpha value is -2.80. The Morgan fingerprint density at radius 3 is 2.16 bits per heavy atom. The average Bonchev–Trinajstić information content (AvgIpc) is 3.33. The smallest absolute Gasteiger partial charge is 0.302 e. The molecule has 6 rings (SSSR count). The lowest BCUT2D eigenvalue weighted by Crippen LogP contribution is -2.65. The number of hydrogen-bond donors (Lipinski definition) is 1. The number of Topliss-reactive ketones (excluding diaryl/α,β-unsaturated/α-hetero) is 3. The van der Waals surface area contributed by atoms with Gasteiger partial charge in [0.05, 0.1) is 12.5 Å². The third kappa shape index (κ3) is 5.47. The van der Waals surface area contributed by atoms with Crippen molar-refractivity contribution in [3.8, 4) is 0 Å². The van der Waals surface area contributed by atoms with Gasteiger partial charge in [-0.1, -0.05) is 65.6 Å². The first-order valence-electron chi connectivity index (χ1n) is 18.4. The van der Waals surface area contributed by atoms with Crippen LogP contribution in [0.3, 0.4) is 0 Å². The fourth-order valence-electron chi connectivity index (χ4n) is 12.4. The Kier molecular flexibility index (Phi) is 9.15. The van der Waals surface area contributed by atoms with Gasteiger partial charge in [0, 0.05) is 22.9 Å². The number of carbonyl (C=O) groups is 5. The van der Waals surface area contributed by atoms with E-state index in [9.17, 15) is 24.0 Å². The van der Waals surface area contributed by atoms with Gasteiger partial charge in [-0.2, -0.15) is 0 Å². The third-order valence-electron chi connectivity index (χ3n) is 14.8. The van der Waals surface area contributed by atoms with Gasteiger partial charge in [0.1, 0.15) is 6.10 Å². The number of halogens is 1. The number of benzene rings is 1. The molecule has 1 aromatic carbocycles. The zero-order valence-electron chi connectivity index (χ0n) is 30.5. The van der Waals surface area contributed by atoms with E-state index < -0.39 is 17.6 Å². The summed E-state index contributed by atoms with van der Waals surface area (Å²) in [6.45, 7) is 17.3. The number of ether oxygens (including phenoxy) is 1. The maximum atomic E-state index is 14.2. The molecule has 1 N–H and O–H groups in total. The van der Waals surface area contributed by atoms with Gasteiger partial charge in [0.25, 0.3) is 5.91 Å². The number of hydrogen-bond acceptors (Lipinski definition) is 6. The molecule has 1 unspecified atom stereocenters. The summed E-state index contributed by atoms with van der Waals surface area (Å²) < 4.78 is 5.90. The summed E-state index contributed by atoms with van der Waals surface area (Å²) in [4.78, 5) is 66.1. The number of rotatable bonds is 7. The zero-order valence-corrected chi connectivity index (χ0v) is 31.3. The van der Waals surface area contributed by atoms with E-state index in [0.29, 0.717) is 28.8 Å². The molecule has 7 nitrogen and oxygen atoms in total. The fourth-order valence-corrected chi connectivity index (χ4v) is 12.5. The van der Waals surface area contributed by atoms with Gasteiger partial charge in [0.15, 0.2) is 11.6 Å². The number of fused-ring (bicyclic) bond motifs is 7. The molecule has 9 atom stereocenters. The summed E-state index contributed by atoms with van der Waals surface area (Å²) in [5.41, 5.74) is 2.26. The van der Waals surface area contributed by atoms with Gasteiger partial charge in [-0.25, -0.2) is 0 Å². The summed E-state index contributed by atoms with van der Waals surface area (Å²) in [5, 5.41) is 3.02. The summed E-state index contributed by atoms with van der Waals surface area (Å²) in [6.07, 6.45) is 7.61. The van der Waals surface area contributed by atoms with Crippen molar-refractivity contribution in [1.29, 1.82) is 0 Å². The normalized spacial score (nSPS) is 37.8. The second-order valence-corrected chi connectivity index (χ2v) is 18.0. The molecule has 0 saturated heterocycles. The lowest BCUT2D eigenvalue weighted by Gasteiger charge is -2.71. The number of allylic oxidation sites excluding steroid dienone is 2. The van der Waals surface area contributed by atoms with Crippen LogP contribution in [0.5, 0.6) is 0 Å². The van der Waals surface area contributed by atoms with E-state index in [1.54, 1.807) is 24.3 Å². The van der Waals surface area contributed by atoms with E-state index in [0.717, 1.165) is 56.1 Å². The molecule has 1 amide bonds. The fraction of sp³-hybridized carbons (Fsp3) is 0.683. The van der Waals surface area contributed by atoms with Gasteiger partial charge in [0.2, 0.25) is 5.78 Å². The summed E-state index contributed by atoms with van der Waals surface area (Å²) >= 11 is 5.94. The second-order valence-electron chi connectivity index (χ2n) is 17.6. The van der Waals surface area contributed by atoms with Crippen molar-refractivity contribution in [1.82, 2.24) is 5.32 Å². The SMILES string of the molecule is CC(=O)O[C@H]1CC[C@]2(C)[C@H]3CC[C@@H]4C5=C(C(C)C)C(=O)[C@@H](C(=O)C(=O)NCC(=O)c6ccc(Cl)cc6)C5CC[C@@]4(C)[C@]3(C)CC[C@H]2C1(C)C. The Bertz CT molecular complexity index is 1610. The van der Waals surface area contributed by atoms with Crippen molar-refractivity contribution in [3.63, 3.8) is 0 Å². The molecule has 0 heterocycles. The minimum Gasteiger partial charge on any atom is -0.462 e. The van der Waals surface area contributed by atoms with Crippen LogP contribution < -0.4 is 5.32 Å². The number of carbonyl (C=O) groups excluding carboxylic acids is 5. The molecule has 0 spiro atoms. The van der Waals surface area contributed by atoms with E-state index in [1.165, 1.54) is 6.92 Å². The molecule has 49 heavy (non-hydrogen) atoms. The molecule has 5 aliphatic carbocycles. The largest absolute Gasteiger partial charge is 0.462 e. The van der Waals surface area contributed by atoms with Gasteiger partial charge in [-0.05, 0) is 127 Å². The molecule has 5 aliphatic rings. The van der Waals surface area contributed by atoms with Gasteiger partial charge < -0.3 is 10.1 Å². The average molecular weight is 692 g/mol. The van der Waals surface area contributed by atoms with Gasteiger partial charge in [-0.15, -0.1) is 0 Å². The van der Waals surface area contributed by atoms with E-state index in [2.05, 4.69) is 39.9 Å². The molecule has 0 aromatic heterocycles. The number of esters is 1. The number of amides is 1. The predicted molar refractivity (Wildman–Crippen MR) is 189 cm³/mol. The maximum Gasteiger partial charge on any atom is 0.302 e. The van der Waals surface area contributed by atoms with E-state index in [1.807, 2.05) is 13.8 Å². The molecule has 0 radical (unpaired) electrons. The minimum absolute atomic E-state index is 0.0378. The highest BCUT2D eigenvalue weighted by atomic mass is 35.5. The van der Waals surface area contributed by atoms with Crippen molar-refractivity contribution in [2.45, 2.75) is 113 Å². The first kappa shape index (κ1) is 36.0. The molecular weight excluding hydrogens is 638 g/mol. The van der Waals surface area contributed by atoms with Crippen LogP contribution in [0.4, 0.5) is 0 Å². The van der Waals surface area contributed by atoms with Crippen molar-refractivity contribution >= 4 is 40.8 Å². The van der Waals surface area contributed by atoms with Crippen molar-refractivity contribution < 1.29 is 28.7 Å². The highest BCUT2D eigenvalue weighted by Crippen LogP contribution is 2.75. The van der Waals surface area contributed by atoms with Gasteiger partial charge >= 0.3 is 5.97 Å². The van der Waals surface area contributed by atoms with Crippen LogP contribution in [0.1, 0.15) is 117 Å². The van der Waals surface area contributed by atoms with E-state index in [4.69, 9.17) is 16.3 Å². The van der Waals surface area contributed by atoms with Crippen LogP contribution in [-0.2, 0) is 23.9 Å². The molecule has 0 bridgehead atoms. The summed E-state index contributed by atoms with van der Waals surface area (Å²) in [6, 6.07) is 6.38. The lowest BCUT2D eigenvalue weighted by atomic mass is 9.33. The van der Waals surface area contributed by atoms with Crippen LogP contribution in [0.2, 0.25) is 5.02 Å². The zero-order chi connectivity index (χ0) is 35.8. The first-order chi connectivity index (χ1) is 22.9. The Balaban J connectivity index is 1.25. The Morgan fingerprint density at radius 1 is 0.878 bits per heavy atom. The number of ketones is 3. The maximum absolute atomic E-state index is 14.2. The molecule has 4 saturated carbocycles. The Morgan fingerprint density at radius 2 is 1.53 bits per heavy atom. The van der Waals surface area contributed by atoms with Crippen LogP contribution in [0, 0.1) is 57.2 Å². The lowest BCUT2D eigenvalue weighted by molar-refractivity contribution is -0.231. The third-order valence-corrected chi connectivity index (χ3v) is 15.0. The van der Waals surface area contributed by atoms with Crippen LogP contribution >= 0.6 is 11.6 Å². The topological polar surface area (TPSA) is 107 Å². The predicted octanol–water partition coefficient (Wildman–Crippen LogP) is 7.98. The minimum atomic E-state index is -1.03. The van der Waals surface area contributed by atoms with Crippen molar-refractivity contribution in [2.75, 3.05) is 6.54 Å². The molecule has 266 valence electrons. The van der Waals surface area contributed by atoms with Crippen molar-refractivity contribution in [3.05, 3.63) is 46.0 Å². The highest BCUT2D eigenvalue weighted by molar-refractivity contribution is 6.42. The van der Waals surface area contributed by atoms with E-state index >= 15 is 0 Å².